The van der Waals surface area contributed by atoms with Crippen LogP contribution in [-0.2, 0) is 0 Å². The molecule has 0 amide bonds. The summed E-state index contributed by atoms with van der Waals surface area (Å²) in [5.74, 6) is 0.138. The Morgan fingerprint density at radius 1 is 1.11 bits per heavy atom. The van der Waals surface area contributed by atoms with Crippen LogP contribution in [0, 0.1) is 0 Å². The number of fused-ring (bicyclic) bond motifs is 1. The molecule has 3 aromatic rings. The van der Waals surface area contributed by atoms with Gasteiger partial charge in [-0.15, -0.1) is 0 Å². The molecule has 0 spiro atoms. The molecule has 5 nitrogen and oxygen atoms in total. The van der Waals surface area contributed by atoms with Crippen LogP contribution in [-0.4, -0.2) is 33.1 Å². The highest BCUT2D eigenvalue weighted by molar-refractivity contribution is 6.30. The van der Waals surface area contributed by atoms with Crippen LogP contribution in [0.1, 0.15) is 0 Å². The lowest BCUT2D eigenvalue weighted by molar-refractivity contribution is 0.477. The van der Waals surface area contributed by atoms with E-state index in [9.17, 15) is 5.11 Å². The molecule has 18 heavy (non-hydrogen) atoms. The predicted octanol–water partition coefficient (Wildman–Crippen LogP) is 0.0508. The summed E-state index contributed by atoms with van der Waals surface area (Å²) in [6.07, 6.45) is 3.15. The van der Waals surface area contributed by atoms with Crippen LogP contribution in [0.15, 0.2) is 36.8 Å². The van der Waals surface area contributed by atoms with Crippen molar-refractivity contribution in [1.29, 1.82) is 0 Å². The van der Waals surface area contributed by atoms with Crippen molar-refractivity contribution in [3.05, 3.63) is 36.8 Å². The smallest absolute Gasteiger partial charge is 0.166 e. The minimum atomic E-state index is 0.138. The van der Waals surface area contributed by atoms with E-state index < -0.39 is 0 Å². The lowest BCUT2D eigenvalue weighted by Crippen LogP contribution is -2.09. The van der Waals surface area contributed by atoms with Gasteiger partial charge in [0.05, 0.1) is 11.2 Å². The van der Waals surface area contributed by atoms with Gasteiger partial charge < -0.3 is 5.11 Å². The summed E-state index contributed by atoms with van der Waals surface area (Å²) < 4.78 is 0. The molecule has 3 rings (SSSR count). The molecule has 0 bridgehead atoms. The summed E-state index contributed by atoms with van der Waals surface area (Å²) >= 11 is 0. The van der Waals surface area contributed by atoms with Gasteiger partial charge in [-0.05, 0) is 18.2 Å². The van der Waals surface area contributed by atoms with Crippen molar-refractivity contribution in [2.75, 3.05) is 0 Å². The highest BCUT2D eigenvalue weighted by Gasteiger charge is 2.08. The van der Waals surface area contributed by atoms with Gasteiger partial charge in [-0.3, -0.25) is 0 Å². The van der Waals surface area contributed by atoms with Crippen LogP contribution in [0.4, 0.5) is 0 Å². The number of phenols is 1. The van der Waals surface area contributed by atoms with E-state index >= 15 is 0 Å². The van der Waals surface area contributed by atoms with Crippen LogP contribution < -0.4 is 5.59 Å². The Morgan fingerprint density at radius 3 is 2.78 bits per heavy atom. The van der Waals surface area contributed by atoms with Crippen LogP contribution in [0.5, 0.6) is 5.75 Å². The summed E-state index contributed by atoms with van der Waals surface area (Å²) in [6.45, 7) is 0. The van der Waals surface area contributed by atoms with Crippen molar-refractivity contribution < 1.29 is 5.11 Å². The Labute approximate surface area is 104 Å². The average Bonchev–Trinajstić information content (AvgIpc) is 2.39. The maximum absolute atomic E-state index is 10.0. The summed E-state index contributed by atoms with van der Waals surface area (Å²) in [6, 6.07) is 7.10. The number of benzene rings is 1. The molecule has 0 atom stereocenters. The van der Waals surface area contributed by atoms with E-state index in [0.29, 0.717) is 16.8 Å². The van der Waals surface area contributed by atoms with Gasteiger partial charge >= 0.3 is 0 Å². The molecule has 0 unspecified atom stereocenters. The van der Waals surface area contributed by atoms with E-state index in [0.717, 1.165) is 11.0 Å². The van der Waals surface area contributed by atoms with E-state index in [4.69, 9.17) is 0 Å². The summed E-state index contributed by atoms with van der Waals surface area (Å²) in [5, 5.41) is 18.9. The first-order valence-electron chi connectivity index (χ1n) is 5.47. The van der Waals surface area contributed by atoms with Gasteiger partial charge in [0.15, 0.2) is 7.85 Å². The van der Waals surface area contributed by atoms with E-state index in [2.05, 4.69) is 20.2 Å². The number of aromatic hydroxyl groups is 1. The second kappa shape index (κ2) is 4.07. The molecule has 0 fully saturated rings. The summed E-state index contributed by atoms with van der Waals surface area (Å²) in [5.41, 5.74) is 2.79. The van der Waals surface area contributed by atoms with E-state index in [1.807, 2.05) is 26.0 Å². The molecule has 1 N–H and O–H groups in total. The van der Waals surface area contributed by atoms with Gasteiger partial charge in [-0.25, -0.2) is 9.97 Å². The second-order valence-electron chi connectivity index (χ2n) is 4.01. The van der Waals surface area contributed by atoms with Crippen molar-refractivity contribution in [3.8, 4) is 17.0 Å². The number of aromatic nitrogens is 4. The quantitative estimate of drug-likeness (QED) is 0.604. The zero-order valence-electron chi connectivity index (χ0n) is 9.70. The fourth-order valence-corrected chi connectivity index (χ4v) is 1.77. The van der Waals surface area contributed by atoms with Crippen LogP contribution in [0.25, 0.3) is 22.2 Å². The Morgan fingerprint density at radius 2 is 2.00 bits per heavy atom. The van der Waals surface area contributed by atoms with E-state index in [-0.39, 0.29) is 5.75 Å². The first-order valence-corrected chi connectivity index (χ1v) is 5.47. The zero-order valence-corrected chi connectivity index (χ0v) is 9.70. The minimum absolute atomic E-state index is 0.138. The molecule has 0 saturated carbocycles. The Kier molecular flexibility index (Phi) is 2.41. The van der Waals surface area contributed by atoms with Gasteiger partial charge in [-0.1, -0.05) is 0 Å². The normalized spacial score (nSPS) is 10.7. The number of phenolic OH excluding ortho intramolecular Hbond substituents is 1. The lowest BCUT2D eigenvalue weighted by atomic mass is 10.0. The number of nitrogens with zero attached hydrogens (tertiary/aromatic N) is 4. The predicted molar refractivity (Wildman–Crippen MR) is 70.4 cm³/mol. The Balaban J connectivity index is 2.22. The van der Waals surface area contributed by atoms with Crippen molar-refractivity contribution in [3.63, 3.8) is 0 Å². The molecular formula is C12H9BN4O. The summed E-state index contributed by atoms with van der Waals surface area (Å²) in [7, 11) is 1.87. The Bertz CT molecular complexity index is 715. The van der Waals surface area contributed by atoms with Crippen LogP contribution in [0.3, 0.4) is 0 Å². The third kappa shape index (κ3) is 1.77. The average molecular weight is 236 g/mol. The molecule has 86 valence electrons. The number of hydrogen-bond donors (Lipinski definition) is 1. The topological polar surface area (TPSA) is 71.8 Å². The van der Waals surface area contributed by atoms with Crippen LogP contribution >= 0.6 is 0 Å². The van der Waals surface area contributed by atoms with Gasteiger partial charge in [0.1, 0.15) is 12.1 Å². The maximum atomic E-state index is 10.0. The van der Waals surface area contributed by atoms with Crippen LogP contribution in [0.2, 0.25) is 0 Å². The first-order chi connectivity index (χ1) is 8.74. The maximum Gasteiger partial charge on any atom is 0.166 e. The van der Waals surface area contributed by atoms with Crippen molar-refractivity contribution in [1.82, 2.24) is 20.2 Å². The molecule has 0 saturated heterocycles. The molecule has 2 heterocycles. The molecule has 0 aliphatic carbocycles. The molecule has 2 aromatic heterocycles. The van der Waals surface area contributed by atoms with Gasteiger partial charge in [0, 0.05) is 28.8 Å². The number of hydrogen-bond acceptors (Lipinski definition) is 5. The molecular weight excluding hydrogens is 227 g/mol. The highest BCUT2D eigenvalue weighted by atomic mass is 16.3. The van der Waals surface area contributed by atoms with Crippen molar-refractivity contribution in [2.45, 2.75) is 0 Å². The van der Waals surface area contributed by atoms with Crippen molar-refractivity contribution >= 4 is 24.3 Å². The fourth-order valence-electron chi connectivity index (χ4n) is 1.77. The standard InChI is InChI=1S/C12H9BN4O/c13-12-2-1-9(16-17-12)8-3-7-5-14-6-15-10(7)4-11(8)18/h1-6,18H,13H2. The first kappa shape index (κ1) is 10.6. The van der Waals surface area contributed by atoms with E-state index in [1.165, 1.54) is 6.33 Å². The largest absolute Gasteiger partial charge is 0.507 e. The fraction of sp³-hybridized carbons (Fsp3) is 0. The third-order valence-corrected chi connectivity index (χ3v) is 2.70. The van der Waals surface area contributed by atoms with Gasteiger partial charge in [0.25, 0.3) is 0 Å². The summed E-state index contributed by atoms with van der Waals surface area (Å²) in [4.78, 5) is 8.05. The SMILES string of the molecule is Bc1ccc(-c2cc3cncnc3cc2O)nn1. The zero-order chi connectivity index (χ0) is 12.5. The lowest BCUT2D eigenvalue weighted by Gasteiger charge is -2.05. The monoisotopic (exact) mass is 236 g/mol. The minimum Gasteiger partial charge on any atom is -0.507 e. The van der Waals surface area contributed by atoms with Gasteiger partial charge in [0.2, 0.25) is 0 Å². The Hall–Kier alpha value is -2.50. The molecule has 0 aliphatic heterocycles. The molecule has 0 radical (unpaired) electrons. The third-order valence-electron chi connectivity index (χ3n) is 2.70. The highest BCUT2D eigenvalue weighted by Crippen LogP contribution is 2.30. The van der Waals surface area contributed by atoms with Crippen molar-refractivity contribution in [2.24, 2.45) is 0 Å². The van der Waals surface area contributed by atoms with E-state index in [1.54, 1.807) is 12.3 Å². The molecule has 0 aliphatic rings. The molecule has 6 heteroatoms. The second-order valence-corrected chi connectivity index (χ2v) is 4.01. The molecule has 1 aromatic carbocycles. The number of rotatable bonds is 1. The van der Waals surface area contributed by atoms with Gasteiger partial charge in [-0.2, -0.15) is 10.2 Å².